The fraction of sp³-hybridized carbons (Fsp3) is 0.174. The summed E-state index contributed by atoms with van der Waals surface area (Å²) in [7, 11) is 3.47. The number of hydrogen-bond donors (Lipinski definition) is 0. The second-order valence-corrected chi connectivity index (χ2v) is 9.11. The zero-order valence-electron chi connectivity index (χ0n) is 16.9. The molecule has 1 amide bonds. The minimum absolute atomic E-state index is 0.0447. The van der Waals surface area contributed by atoms with Gasteiger partial charge >= 0.3 is 0 Å². The first-order chi connectivity index (χ1) is 14.5. The first-order valence-corrected chi connectivity index (χ1v) is 11.3. The number of aromatic nitrogens is 2. The summed E-state index contributed by atoms with van der Waals surface area (Å²) in [6.07, 6.45) is 0. The molecule has 0 saturated heterocycles. The Bertz CT molecular complexity index is 1250. The monoisotopic (exact) mass is 435 g/mol. The summed E-state index contributed by atoms with van der Waals surface area (Å²) >= 11 is 2.75. The molecule has 0 aliphatic carbocycles. The number of anilines is 1. The molecule has 0 fully saturated rings. The number of hydrogen-bond acceptors (Lipinski definition) is 5. The molecule has 4 aromatic rings. The second-order valence-electron chi connectivity index (χ2n) is 6.95. The lowest BCUT2D eigenvalue weighted by Crippen LogP contribution is -2.33. The van der Waals surface area contributed by atoms with Crippen LogP contribution in [0.25, 0.3) is 21.3 Å². The van der Waals surface area contributed by atoms with Crippen molar-refractivity contribution >= 4 is 44.9 Å². The standard InChI is InChI=1S/C23H21N3O2S2/c1-15(21(27)25(2)17-12-8-5-9-13-17)30-23-24-20-19(22(28)26(23)3)18(14-29-20)16-10-6-4-7-11-16/h4-15H,1-3H3. The van der Waals surface area contributed by atoms with Gasteiger partial charge in [0.25, 0.3) is 5.56 Å². The third-order valence-corrected chi connectivity index (χ3v) is 6.97. The Balaban J connectivity index is 1.65. The van der Waals surface area contributed by atoms with Gasteiger partial charge in [-0.05, 0) is 24.6 Å². The molecule has 0 bridgehead atoms. The first-order valence-electron chi connectivity index (χ1n) is 9.50. The van der Waals surface area contributed by atoms with E-state index >= 15 is 0 Å². The summed E-state index contributed by atoms with van der Waals surface area (Å²) in [6, 6.07) is 19.3. The van der Waals surface area contributed by atoms with Crippen LogP contribution in [-0.4, -0.2) is 27.8 Å². The van der Waals surface area contributed by atoms with Crippen LogP contribution in [0.15, 0.2) is 76.0 Å². The van der Waals surface area contributed by atoms with Crippen LogP contribution in [0.5, 0.6) is 0 Å². The largest absolute Gasteiger partial charge is 0.315 e. The van der Waals surface area contributed by atoms with Gasteiger partial charge in [-0.3, -0.25) is 14.2 Å². The lowest BCUT2D eigenvalue weighted by Gasteiger charge is -2.21. The number of para-hydroxylation sites is 1. The lowest BCUT2D eigenvalue weighted by molar-refractivity contribution is -0.117. The van der Waals surface area contributed by atoms with Gasteiger partial charge in [0, 0.05) is 30.7 Å². The second kappa shape index (κ2) is 8.45. The molecule has 2 aromatic carbocycles. The molecule has 0 saturated carbocycles. The van der Waals surface area contributed by atoms with Crippen molar-refractivity contribution in [1.29, 1.82) is 0 Å². The number of amides is 1. The third kappa shape index (κ3) is 3.78. The average Bonchev–Trinajstić information content (AvgIpc) is 3.21. The van der Waals surface area contributed by atoms with E-state index in [0.717, 1.165) is 16.8 Å². The molecule has 2 heterocycles. The van der Waals surface area contributed by atoms with Crippen molar-refractivity contribution in [3.8, 4) is 11.1 Å². The van der Waals surface area contributed by atoms with Crippen LogP contribution in [0, 0.1) is 0 Å². The van der Waals surface area contributed by atoms with Crippen LogP contribution in [-0.2, 0) is 11.8 Å². The Morgan fingerprint density at radius 1 is 1.10 bits per heavy atom. The number of carbonyl (C=O) groups excluding carboxylic acids is 1. The maximum atomic E-state index is 13.1. The molecule has 0 aliphatic heterocycles. The topological polar surface area (TPSA) is 55.2 Å². The zero-order chi connectivity index (χ0) is 21.3. The van der Waals surface area contributed by atoms with Gasteiger partial charge in [-0.1, -0.05) is 60.3 Å². The van der Waals surface area contributed by atoms with Gasteiger partial charge in [0.1, 0.15) is 4.83 Å². The quantitative estimate of drug-likeness (QED) is 0.334. The van der Waals surface area contributed by atoms with Crippen LogP contribution in [0.2, 0.25) is 0 Å². The van der Waals surface area contributed by atoms with E-state index in [1.165, 1.54) is 23.1 Å². The van der Waals surface area contributed by atoms with Crippen LogP contribution in [0.1, 0.15) is 6.92 Å². The highest BCUT2D eigenvalue weighted by Crippen LogP contribution is 2.32. The van der Waals surface area contributed by atoms with E-state index in [1.807, 2.05) is 73.0 Å². The highest BCUT2D eigenvalue weighted by atomic mass is 32.2. The summed E-state index contributed by atoms with van der Waals surface area (Å²) in [6.45, 7) is 1.84. The van der Waals surface area contributed by atoms with E-state index in [9.17, 15) is 9.59 Å². The molecule has 0 N–H and O–H groups in total. The Morgan fingerprint density at radius 3 is 2.40 bits per heavy atom. The maximum absolute atomic E-state index is 13.1. The first kappa shape index (κ1) is 20.4. The van der Waals surface area contributed by atoms with Gasteiger partial charge in [-0.25, -0.2) is 4.98 Å². The van der Waals surface area contributed by atoms with Crippen LogP contribution in [0.4, 0.5) is 5.69 Å². The van der Waals surface area contributed by atoms with Crippen LogP contribution < -0.4 is 10.5 Å². The number of fused-ring (bicyclic) bond motifs is 1. The van der Waals surface area contributed by atoms with E-state index in [4.69, 9.17) is 4.98 Å². The molecule has 30 heavy (non-hydrogen) atoms. The normalized spacial score (nSPS) is 12.1. The summed E-state index contributed by atoms with van der Waals surface area (Å²) in [5, 5.41) is 2.75. The molecule has 1 unspecified atom stereocenters. The van der Waals surface area contributed by atoms with Crippen molar-refractivity contribution in [3.63, 3.8) is 0 Å². The minimum Gasteiger partial charge on any atom is -0.315 e. The average molecular weight is 436 g/mol. The number of benzene rings is 2. The van der Waals surface area contributed by atoms with Crippen molar-refractivity contribution in [1.82, 2.24) is 9.55 Å². The molecule has 4 rings (SSSR count). The molecule has 2 aromatic heterocycles. The van der Waals surface area contributed by atoms with Crippen LogP contribution in [0.3, 0.4) is 0 Å². The maximum Gasteiger partial charge on any atom is 0.263 e. The molecular weight excluding hydrogens is 414 g/mol. The SMILES string of the molecule is CC(Sc1nc2scc(-c3ccccc3)c2c(=O)n1C)C(=O)N(C)c1ccccc1. The number of nitrogens with zero attached hydrogens (tertiary/aromatic N) is 3. The third-order valence-electron chi connectivity index (χ3n) is 4.96. The highest BCUT2D eigenvalue weighted by Gasteiger charge is 2.23. The van der Waals surface area contributed by atoms with Gasteiger partial charge in [0.15, 0.2) is 5.16 Å². The predicted molar refractivity (Wildman–Crippen MR) is 125 cm³/mol. The summed E-state index contributed by atoms with van der Waals surface area (Å²) in [5.74, 6) is -0.0447. The fourth-order valence-electron chi connectivity index (χ4n) is 3.25. The van der Waals surface area contributed by atoms with E-state index in [1.54, 1.807) is 23.6 Å². The van der Waals surface area contributed by atoms with Gasteiger partial charge in [0.05, 0.1) is 10.6 Å². The van der Waals surface area contributed by atoms with E-state index in [-0.39, 0.29) is 16.7 Å². The molecule has 0 aliphatic rings. The smallest absolute Gasteiger partial charge is 0.263 e. The van der Waals surface area contributed by atoms with Gasteiger partial charge in [-0.15, -0.1) is 11.3 Å². The summed E-state index contributed by atoms with van der Waals surface area (Å²) in [4.78, 5) is 33.1. The van der Waals surface area contributed by atoms with E-state index in [0.29, 0.717) is 15.4 Å². The Kier molecular flexibility index (Phi) is 5.74. The number of carbonyl (C=O) groups is 1. The lowest BCUT2D eigenvalue weighted by atomic mass is 10.1. The van der Waals surface area contributed by atoms with E-state index < -0.39 is 0 Å². The highest BCUT2D eigenvalue weighted by molar-refractivity contribution is 8.00. The van der Waals surface area contributed by atoms with Crippen molar-refractivity contribution in [2.75, 3.05) is 11.9 Å². The predicted octanol–water partition coefficient (Wildman–Crippen LogP) is 4.81. The number of thioether (sulfide) groups is 1. The van der Waals surface area contributed by atoms with Gasteiger partial charge in [-0.2, -0.15) is 0 Å². The summed E-state index contributed by atoms with van der Waals surface area (Å²) < 4.78 is 1.54. The fourth-order valence-corrected chi connectivity index (χ4v) is 5.20. The molecule has 5 nitrogen and oxygen atoms in total. The molecule has 1 atom stereocenters. The number of thiophene rings is 1. The van der Waals surface area contributed by atoms with Crippen molar-refractivity contribution in [2.45, 2.75) is 17.3 Å². The molecule has 152 valence electrons. The van der Waals surface area contributed by atoms with E-state index in [2.05, 4.69) is 0 Å². The van der Waals surface area contributed by atoms with Gasteiger partial charge in [0.2, 0.25) is 5.91 Å². The Hall–Kier alpha value is -2.90. The summed E-state index contributed by atoms with van der Waals surface area (Å²) in [5.41, 5.74) is 2.63. The Labute approximate surface area is 183 Å². The van der Waals surface area contributed by atoms with Crippen LogP contribution >= 0.6 is 23.1 Å². The van der Waals surface area contributed by atoms with Gasteiger partial charge < -0.3 is 4.90 Å². The Morgan fingerprint density at radius 2 is 1.73 bits per heavy atom. The number of rotatable bonds is 5. The van der Waals surface area contributed by atoms with Crippen molar-refractivity contribution in [2.24, 2.45) is 7.05 Å². The van der Waals surface area contributed by atoms with Crippen molar-refractivity contribution in [3.05, 3.63) is 76.4 Å². The van der Waals surface area contributed by atoms with Crippen molar-refractivity contribution < 1.29 is 4.79 Å². The molecule has 0 radical (unpaired) electrons. The molecular formula is C23H21N3O2S2. The minimum atomic E-state index is -0.390. The molecule has 7 heteroatoms. The molecule has 0 spiro atoms. The zero-order valence-corrected chi connectivity index (χ0v) is 18.5.